The topological polar surface area (TPSA) is 110 Å². The number of hydrogen-bond donors (Lipinski definition) is 1. The lowest BCUT2D eigenvalue weighted by Crippen LogP contribution is -2.29. The van der Waals surface area contributed by atoms with Gasteiger partial charge in [0.1, 0.15) is 5.69 Å². The molecule has 2 aromatic carbocycles. The number of imidazole rings is 1. The van der Waals surface area contributed by atoms with E-state index in [9.17, 15) is 14.4 Å². The normalized spacial score (nSPS) is 14.4. The Labute approximate surface area is 254 Å². The predicted octanol–water partition coefficient (Wildman–Crippen LogP) is 4.54. The predicted molar refractivity (Wildman–Crippen MR) is 164 cm³/mol. The molecular weight excluding hydrogens is 568 g/mol. The summed E-state index contributed by atoms with van der Waals surface area (Å²) >= 11 is 6.93. The molecule has 0 fully saturated rings. The Morgan fingerprint density at radius 2 is 1.88 bits per heavy atom. The number of halogens is 1. The lowest BCUT2D eigenvalue weighted by Gasteiger charge is -2.21. The second-order valence-corrected chi connectivity index (χ2v) is 11.2. The maximum atomic E-state index is 13.6. The second kappa shape index (κ2) is 11.7. The van der Waals surface area contributed by atoms with Gasteiger partial charge >= 0.3 is 0 Å². The zero-order valence-corrected chi connectivity index (χ0v) is 24.9. The van der Waals surface area contributed by atoms with Crippen LogP contribution in [0.25, 0.3) is 11.1 Å². The van der Waals surface area contributed by atoms with Gasteiger partial charge in [0.05, 0.1) is 23.0 Å². The highest BCUT2D eigenvalue weighted by atomic mass is 35.5. The van der Waals surface area contributed by atoms with E-state index in [0.717, 1.165) is 46.7 Å². The SMILES string of the molecule is COCc1cc(C(=O)N2CCc3c(-c4cccc(NC(=O)c5nc6c(n5C)CCN(C)C6)c4Cl)cccc32)ncc1C=O. The van der Waals surface area contributed by atoms with Crippen molar-refractivity contribution < 1.29 is 19.1 Å². The number of nitrogens with zero attached hydrogens (tertiary/aromatic N) is 5. The third-order valence-corrected chi connectivity index (χ3v) is 8.54. The van der Waals surface area contributed by atoms with Crippen molar-refractivity contribution in [2.45, 2.75) is 26.0 Å². The molecule has 220 valence electrons. The van der Waals surface area contributed by atoms with Crippen LogP contribution in [0.3, 0.4) is 0 Å². The first kappa shape index (κ1) is 28.7. The smallest absolute Gasteiger partial charge is 0.291 e. The van der Waals surface area contributed by atoms with E-state index >= 15 is 0 Å². The number of likely N-dealkylation sites (N-methyl/N-ethyl adjacent to an activating group) is 1. The zero-order valence-electron chi connectivity index (χ0n) is 24.2. The zero-order chi connectivity index (χ0) is 30.2. The molecule has 0 spiro atoms. The van der Waals surface area contributed by atoms with Crippen molar-refractivity contribution in [1.82, 2.24) is 19.4 Å². The molecule has 0 atom stereocenters. The first-order chi connectivity index (χ1) is 20.8. The van der Waals surface area contributed by atoms with Crippen LogP contribution < -0.4 is 10.2 Å². The molecule has 11 heteroatoms. The maximum absolute atomic E-state index is 13.6. The number of rotatable bonds is 7. The van der Waals surface area contributed by atoms with Crippen LogP contribution in [0.5, 0.6) is 0 Å². The fourth-order valence-electron chi connectivity index (χ4n) is 5.92. The van der Waals surface area contributed by atoms with E-state index in [0.29, 0.717) is 53.5 Å². The first-order valence-electron chi connectivity index (χ1n) is 14.0. The van der Waals surface area contributed by atoms with Crippen molar-refractivity contribution >= 4 is 41.1 Å². The Morgan fingerprint density at radius 3 is 2.67 bits per heavy atom. The van der Waals surface area contributed by atoms with Crippen LogP contribution in [0, 0.1) is 0 Å². The third kappa shape index (κ3) is 5.22. The highest BCUT2D eigenvalue weighted by Crippen LogP contribution is 2.41. The molecule has 2 aliphatic heterocycles. The summed E-state index contributed by atoms with van der Waals surface area (Å²) in [7, 11) is 5.44. The molecule has 2 aromatic heterocycles. The van der Waals surface area contributed by atoms with E-state index in [1.54, 1.807) is 17.0 Å². The number of benzene rings is 2. The highest BCUT2D eigenvalue weighted by Gasteiger charge is 2.30. The molecule has 6 rings (SSSR count). The number of methoxy groups -OCH3 is 1. The van der Waals surface area contributed by atoms with Gasteiger partial charge in [0.25, 0.3) is 11.8 Å². The van der Waals surface area contributed by atoms with Crippen LogP contribution in [-0.2, 0) is 37.8 Å². The minimum absolute atomic E-state index is 0.197. The molecule has 0 bridgehead atoms. The Hall–Kier alpha value is -4.38. The Balaban J connectivity index is 1.28. The number of fused-ring (bicyclic) bond motifs is 2. The molecule has 0 saturated carbocycles. The molecule has 2 aliphatic rings. The number of nitrogens with one attached hydrogen (secondary N) is 1. The van der Waals surface area contributed by atoms with Crippen LogP contribution >= 0.6 is 11.6 Å². The van der Waals surface area contributed by atoms with Crippen LogP contribution in [0.1, 0.15) is 54.0 Å². The number of aromatic nitrogens is 3. The largest absolute Gasteiger partial charge is 0.380 e. The van der Waals surface area contributed by atoms with Crippen LogP contribution in [-0.4, -0.2) is 64.8 Å². The molecule has 0 saturated heterocycles. The highest BCUT2D eigenvalue weighted by molar-refractivity contribution is 6.36. The molecule has 10 nitrogen and oxygen atoms in total. The van der Waals surface area contributed by atoms with E-state index in [4.69, 9.17) is 16.3 Å². The lowest BCUT2D eigenvalue weighted by atomic mass is 9.97. The van der Waals surface area contributed by atoms with E-state index < -0.39 is 0 Å². The van der Waals surface area contributed by atoms with E-state index in [-0.39, 0.29) is 24.1 Å². The van der Waals surface area contributed by atoms with Gasteiger partial charge in [0.2, 0.25) is 0 Å². The van der Waals surface area contributed by atoms with Crippen LogP contribution in [0.2, 0.25) is 5.02 Å². The van der Waals surface area contributed by atoms with Gasteiger partial charge in [-0.05, 0) is 48.4 Å². The van der Waals surface area contributed by atoms with Gasteiger partial charge in [-0.2, -0.15) is 0 Å². The molecule has 0 aliphatic carbocycles. The number of pyridine rings is 1. The van der Waals surface area contributed by atoms with Gasteiger partial charge in [-0.25, -0.2) is 4.98 Å². The number of carbonyl (C=O) groups excluding carboxylic acids is 3. The average molecular weight is 599 g/mol. The summed E-state index contributed by atoms with van der Waals surface area (Å²) in [6, 6.07) is 12.9. The van der Waals surface area contributed by atoms with Crippen molar-refractivity contribution in [2.24, 2.45) is 7.05 Å². The quantitative estimate of drug-likeness (QED) is 0.311. The van der Waals surface area contributed by atoms with Crippen molar-refractivity contribution in [3.8, 4) is 11.1 Å². The summed E-state index contributed by atoms with van der Waals surface area (Å²) in [5, 5.41) is 3.37. The van der Waals surface area contributed by atoms with E-state index in [2.05, 4.69) is 20.2 Å². The molecule has 0 radical (unpaired) electrons. The van der Waals surface area contributed by atoms with Crippen molar-refractivity contribution in [2.75, 3.05) is 37.5 Å². The summed E-state index contributed by atoms with van der Waals surface area (Å²) < 4.78 is 7.06. The van der Waals surface area contributed by atoms with Crippen molar-refractivity contribution in [3.05, 3.63) is 93.3 Å². The Kier molecular flexibility index (Phi) is 7.83. The van der Waals surface area contributed by atoms with Gasteiger partial charge in [-0.3, -0.25) is 19.4 Å². The number of aldehydes is 1. The standard InChI is InChI=1S/C32H31ClN6O4/c1-37-12-11-28-26(16-37)35-30(38(28)2)31(41)36-24-8-4-7-23(29(24)33)21-6-5-9-27-22(21)10-13-39(27)32(42)25-14-19(18-43-3)20(17-40)15-34-25/h4-9,14-15,17H,10-13,16,18H2,1-3H3,(H,36,41). The second-order valence-electron chi connectivity index (χ2n) is 10.8. The van der Waals surface area contributed by atoms with Gasteiger partial charge in [-0.15, -0.1) is 0 Å². The number of ether oxygens (including phenoxy) is 1. The monoisotopic (exact) mass is 598 g/mol. The minimum atomic E-state index is -0.324. The maximum Gasteiger partial charge on any atom is 0.291 e. The number of amides is 2. The first-order valence-corrected chi connectivity index (χ1v) is 14.4. The number of hydrogen-bond acceptors (Lipinski definition) is 7. The van der Waals surface area contributed by atoms with Crippen molar-refractivity contribution in [3.63, 3.8) is 0 Å². The van der Waals surface area contributed by atoms with Crippen LogP contribution in [0.4, 0.5) is 11.4 Å². The summed E-state index contributed by atoms with van der Waals surface area (Å²) in [5.41, 5.74) is 7.09. The Morgan fingerprint density at radius 1 is 1.09 bits per heavy atom. The van der Waals surface area contributed by atoms with E-state index in [1.807, 2.05) is 49.0 Å². The van der Waals surface area contributed by atoms with Crippen LogP contribution in [0.15, 0.2) is 48.7 Å². The number of carbonyl (C=O) groups is 3. The molecule has 4 aromatic rings. The molecule has 1 N–H and O–H groups in total. The van der Waals surface area contributed by atoms with E-state index in [1.165, 1.54) is 13.3 Å². The fraction of sp³-hybridized carbons (Fsp3) is 0.281. The van der Waals surface area contributed by atoms with Gasteiger partial charge < -0.3 is 24.4 Å². The minimum Gasteiger partial charge on any atom is -0.380 e. The number of anilines is 2. The van der Waals surface area contributed by atoms with Crippen molar-refractivity contribution in [1.29, 1.82) is 0 Å². The molecular formula is C32H31ClN6O4. The fourth-order valence-corrected chi connectivity index (χ4v) is 6.20. The Bertz CT molecular complexity index is 1770. The summed E-state index contributed by atoms with van der Waals surface area (Å²) in [6.45, 7) is 2.29. The lowest BCUT2D eigenvalue weighted by molar-refractivity contribution is 0.0981. The molecule has 2 amide bonds. The summed E-state index contributed by atoms with van der Waals surface area (Å²) in [4.78, 5) is 51.0. The molecule has 0 unspecified atom stereocenters. The summed E-state index contributed by atoms with van der Waals surface area (Å²) in [5.74, 6) is -0.239. The third-order valence-electron chi connectivity index (χ3n) is 8.13. The summed E-state index contributed by atoms with van der Waals surface area (Å²) in [6.07, 6.45) is 3.57. The average Bonchev–Trinajstić information content (AvgIpc) is 3.59. The molecule has 4 heterocycles. The van der Waals surface area contributed by atoms with Gasteiger partial charge in [0.15, 0.2) is 12.1 Å². The molecule has 43 heavy (non-hydrogen) atoms. The van der Waals surface area contributed by atoms with Gasteiger partial charge in [0, 0.05) is 68.9 Å². The van der Waals surface area contributed by atoms with Gasteiger partial charge in [-0.1, -0.05) is 35.9 Å².